The van der Waals surface area contributed by atoms with E-state index in [2.05, 4.69) is 60.1 Å². The number of hydrogen-bond donors (Lipinski definition) is 2. The molecule has 2 heterocycles. The molecule has 0 aliphatic carbocycles. The fourth-order valence-electron chi connectivity index (χ4n) is 3.58. The molecule has 0 aromatic carbocycles. The number of halogens is 1. The minimum atomic E-state index is 0. The molecule has 0 radical (unpaired) electrons. The summed E-state index contributed by atoms with van der Waals surface area (Å²) in [5.74, 6) is 2.56. The second-order valence-electron chi connectivity index (χ2n) is 7.43. The molecule has 2 N–H and O–H groups in total. The van der Waals surface area contributed by atoms with Crippen molar-refractivity contribution in [3.8, 4) is 0 Å². The Morgan fingerprint density at radius 3 is 2.50 bits per heavy atom. The molecule has 1 aliphatic heterocycles. The smallest absolute Gasteiger partial charge is 0.191 e. The molecule has 0 amide bonds. The number of aryl methyl sites for hydroxylation is 2. The summed E-state index contributed by atoms with van der Waals surface area (Å²) in [6.45, 7) is 17.2. The predicted octanol–water partition coefficient (Wildman–Crippen LogP) is 3.80. The second-order valence-corrected chi connectivity index (χ2v) is 8.72. The molecule has 7 heteroatoms. The van der Waals surface area contributed by atoms with E-state index in [-0.39, 0.29) is 24.0 Å². The summed E-state index contributed by atoms with van der Waals surface area (Å²) >= 11 is 1.74. The summed E-state index contributed by atoms with van der Waals surface area (Å²) in [5.41, 5.74) is 1.12. The van der Waals surface area contributed by atoms with Crippen LogP contribution in [0.4, 0.5) is 0 Å². The maximum atomic E-state index is 4.68. The van der Waals surface area contributed by atoms with Crippen LogP contribution in [0.5, 0.6) is 0 Å². The van der Waals surface area contributed by atoms with E-state index < -0.39 is 0 Å². The van der Waals surface area contributed by atoms with Gasteiger partial charge in [-0.05, 0) is 52.0 Å². The average molecular weight is 494 g/mol. The van der Waals surface area contributed by atoms with Gasteiger partial charge in [0.25, 0.3) is 0 Å². The van der Waals surface area contributed by atoms with Gasteiger partial charge in [-0.1, -0.05) is 13.8 Å². The van der Waals surface area contributed by atoms with Gasteiger partial charge < -0.3 is 15.5 Å². The molecule has 1 aromatic rings. The molecule has 0 saturated carbocycles. The van der Waals surface area contributed by atoms with Crippen molar-refractivity contribution in [3.63, 3.8) is 0 Å². The molecular formula is C19H36IN5S. The van der Waals surface area contributed by atoms with Gasteiger partial charge in [0, 0.05) is 31.1 Å². The number of rotatable bonds is 7. The lowest BCUT2D eigenvalue weighted by molar-refractivity contribution is 0.140. The van der Waals surface area contributed by atoms with Gasteiger partial charge in [-0.25, -0.2) is 9.98 Å². The second kappa shape index (κ2) is 12.1. The van der Waals surface area contributed by atoms with Crippen molar-refractivity contribution in [2.45, 2.75) is 54.0 Å². The highest BCUT2D eigenvalue weighted by atomic mass is 127. The molecule has 0 spiro atoms. The van der Waals surface area contributed by atoms with E-state index in [1.165, 1.54) is 30.9 Å². The number of nitrogens with one attached hydrogen (secondary N) is 2. The lowest BCUT2D eigenvalue weighted by Gasteiger charge is -2.35. The number of likely N-dealkylation sites (tertiary alicyclic amines) is 1. The first-order chi connectivity index (χ1) is 12.0. The topological polar surface area (TPSA) is 52.6 Å². The number of nitrogens with zero attached hydrogens (tertiary/aromatic N) is 3. The SMILES string of the molecule is CCNC(=NCc1nc(C)c(C)s1)NCCCN1CC(C)CC(C)C1.I. The molecule has 26 heavy (non-hydrogen) atoms. The molecule has 0 bridgehead atoms. The summed E-state index contributed by atoms with van der Waals surface area (Å²) in [7, 11) is 0. The lowest BCUT2D eigenvalue weighted by atomic mass is 9.92. The van der Waals surface area contributed by atoms with E-state index in [0.717, 1.165) is 48.0 Å². The summed E-state index contributed by atoms with van der Waals surface area (Å²) in [4.78, 5) is 13.1. The highest BCUT2D eigenvalue weighted by Crippen LogP contribution is 2.20. The van der Waals surface area contributed by atoms with Crippen molar-refractivity contribution >= 4 is 41.3 Å². The molecule has 2 rings (SSSR count). The minimum absolute atomic E-state index is 0. The number of thiazole rings is 1. The molecule has 1 saturated heterocycles. The average Bonchev–Trinajstić information content (AvgIpc) is 2.86. The number of piperidine rings is 1. The molecule has 2 unspecified atom stereocenters. The van der Waals surface area contributed by atoms with E-state index in [9.17, 15) is 0 Å². The Morgan fingerprint density at radius 1 is 1.23 bits per heavy atom. The Balaban J connectivity index is 0.00000338. The normalized spacial score (nSPS) is 21.3. The van der Waals surface area contributed by atoms with Crippen molar-refractivity contribution in [1.29, 1.82) is 0 Å². The first-order valence-corrected chi connectivity index (χ1v) is 10.5. The summed E-state index contributed by atoms with van der Waals surface area (Å²) in [6.07, 6.45) is 2.53. The molecule has 1 aromatic heterocycles. The van der Waals surface area contributed by atoms with Crippen LogP contribution in [0, 0.1) is 25.7 Å². The Bertz CT molecular complexity index is 531. The van der Waals surface area contributed by atoms with Gasteiger partial charge in [0.05, 0.1) is 12.2 Å². The van der Waals surface area contributed by atoms with Crippen molar-refractivity contribution in [1.82, 2.24) is 20.5 Å². The van der Waals surface area contributed by atoms with Gasteiger partial charge in [-0.3, -0.25) is 0 Å². The molecular weight excluding hydrogens is 457 g/mol. The van der Waals surface area contributed by atoms with Crippen LogP contribution in [0.3, 0.4) is 0 Å². The Kier molecular flexibility index (Phi) is 11.0. The fourth-order valence-corrected chi connectivity index (χ4v) is 4.44. The molecule has 1 fully saturated rings. The number of guanidine groups is 1. The van der Waals surface area contributed by atoms with Gasteiger partial charge in [0.1, 0.15) is 5.01 Å². The summed E-state index contributed by atoms with van der Waals surface area (Å²) < 4.78 is 0. The van der Waals surface area contributed by atoms with E-state index >= 15 is 0 Å². The van der Waals surface area contributed by atoms with Gasteiger partial charge in [0.2, 0.25) is 0 Å². The Labute approximate surface area is 180 Å². The van der Waals surface area contributed by atoms with Crippen molar-refractivity contribution in [2.75, 3.05) is 32.7 Å². The zero-order valence-electron chi connectivity index (χ0n) is 17.0. The van der Waals surface area contributed by atoms with Crippen LogP contribution < -0.4 is 10.6 Å². The highest BCUT2D eigenvalue weighted by molar-refractivity contribution is 14.0. The van der Waals surface area contributed by atoms with Crippen LogP contribution >= 0.6 is 35.3 Å². The summed E-state index contributed by atoms with van der Waals surface area (Å²) in [6, 6.07) is 0. The van der Waals surface area contributed by atoms with E-state index in [1.54, 1.807) is 11.3 Å². The monoisotopic (exact) mass is 493 g/mol. The van der Waals surface area contributed by atoms with Crippen LogP contribution in [0.25, 0.3) is 0 Å². The van der Waals surface area contributed by atoms with Gasteiger partial charge in [-0.2, -0.15) is 0 Å². The van der Waals surface area contributed by atoms with Crippen molar-refractivity contribution in [2.24, 2.45) is 16.8 Å². The third-order valence-electron chi connectivity index (χ3n) is 4.68. The van der Waals surface area contributed by atoms with Crippen molar-refractivity contribution < 1.29 is 0 Å². The van der Waals surface area contributed by atoms with Crippen molar-refractivity contribution in [3.05, 3.63) is 15.6 Å². The van der Waals surface area contributed by atoms with Gasteiger partial charge >= 0.3 is 0 Å². The predicted molar refractivity (Wildman–Crippen MR) is 124 cm³/mol. The number of aromatic nitrogens is 1. The molecule has 5 nitrogen and oxygen atoms in total. The molecule has 1 aliphatic rings. The van der Waals surface area contributed by atoms with E-state index in [4.69, 9.17) is 0 Å². The summed E-state index contributed by atoms with van der Waals surface area (Å²) in [5, 5.41) is 7.88. The van der Waals surface area contributed by atoms with Gasteiger partial charge in [0.15, 0.2) is 5.96 Å². The van der Waals surface area contributed by atoms with Crippen LogP contribution in [0.15, 0.2) is 4.99 Å². The zero-order chi connectivity index (χ0) is 18.2. The fraction of sp³-hybridized carbons (Fsp3) is 0.789. The minimum Gasteiger partial charge on any atom is -0.357 e. The Hall–Kier alpha value is -0.410. The first kappa shape index (κ1) is 23.6. The van der Waals surface area contributed by atoms with Crippen LogP contribution in [-0.2, 0) is 6.54 Å². The third kappa shape index (κ3) is 8.08. The van der Waals surface area contributed by atoms with E-state index in [1.807, 2.05) is 0 Å². The van der Waals surface area contributed by atoms with Crippen LogP contribution in [0.2, 0.25) is 0 Å². The maximum absolute atomic E-state index is 4.68. The maximum Gasteiger partial charge on any atom is 0.191 e. The number of aliphatic imine (C=N–C) groups is 1. The largest absolute Gasteiger partial charge is 0.357 e. The van der Waals surface area contributed by atoms with E-state index in [0.29, 0.717) is 6.54 Å². The zero-order valence-corrected chi connectivity index (χ0v) is 20.1. The standard InChI is InChI=1S/C19H35N5S.HI/c1-6-20-19(22-11-18-23-16(4)17(5)25-18)21-8-7-9-24-12-14(2)10-15(3)13-24;/h14-15H,6-13H2,1-5H3,(H2,20,21,22);1H. The first-order valence-electron chi connectivity index (χ1n) is 9.65. The number of hydrogen-bond acceptors (Lipinski definition) is 4. The highest BCUT2D eigenvalue weighted by Gasteiger charge is 2.20. The van der Waals surface area contributed by atoms with Crippen LogP contribution in [0.1, 0.15) is 49.2 Å². The van der Waals surface area contributed by atoms with Gasteiger partial charge in [-0.15, -0.1) is 35.3 Å². The lowest BCUT2D eigenvalue weighted by Crippen LogP contribution is -2.41. The Morgan fingerprint density at radius 2 is 1.92 bits per heavy atom. The molecule has 2 atom stereocenters. The molecule has 150 valence electrons. The third-order valence-corrected chi connectivity index (χ3v) is 5.74. The van der Waals surface area contributed by atoms with Crippen LogP contribution in [-0.4, -0.2) is 48.6 Å². The quantitative estimate of drug-likeness (QED) is 0.263.